The summed E-state index contributed by atoms with van der Waals surface area (Å²) in [7, 11) is 5.44. The fraction of sp³-hybridized carbons (Fsp3) is 0.286. The van der Waals surface area contributed by atoms with E-state index in [2.05, 4.69) is 25.1 Å². The molecule has 0 aliphatic rings. The molecule has 0 aliphatic carbocycles. The summed E-state index contributed by atoms with van der Waals surface area (Å²) >= 11 is 1.52. The summed E-state index contributed by atoms with van der Waals surface area (Å²) in [6, 6.07) is 12.6. The van der Waals surface area contributed by atoms with Gasteiger partial charge in [0, 0.05) is 5.56 Å². The predicted octanol–water partition coefficient (Wildman–Crippen LogP) is 2.18. The molecule has 0 bridgehead atoms. The number of likely N-dealkylation sites (N-methyl/N-ethyl adjacent to an activating group) is 1. The minimum absolute atomic E-state index is 0.131. The van der Waals surface area contributed by atoms with Gasteiger partial charge in [0.2, 0.25) is 0 Å². The van der Waals surface area contributed by atoms with Crippen LogP contribution in [0.5, 0.6) is 0 Å². The molecule has 3 rings (SSSR count). The fourth-order valence-electron chi connectivity index (χ4n) is 2.78. The van der Waals surface area contributed by atoms with Gasteiger partial charge in [-0.05, 0) is 48.9 Å². The second kappa shape index (κ2) is 8.50. The van der Waals surface area contributed by atoms with Gasteiger partial charge in [-0.1, -0.05) is 17.4 Å². The molecule has 146 valence electrons. The Morgan fingerprint density at radius 1 is 1.11 bits per heavy atom. The van der Waals surface area contributed by atoms with Crippen LogP contribution in [0.4, 0.5) is 5.13 Å². The molecular formula is C21H24N3O3S+. The van der Waals surface area contributed by atoms with E-state index >= 15 is 0 Å². The third-order valence-electron chi connectivity index (χ3n) is 4.40. The molecule has 7 heteroatoms. The predicted molar refractivity (Wildman–Crippen MR) is 111 cm³/mol. The minimum Gasteiger partial charge on any atom is -0.465 e. The Kier molecular flexibility index (Phi) is 6.06. The van der Waals surface area contributed by atoms with E-state index in [-0.39, 0.29) is 5.91 Å². The molecule has 1 heterocycles. The number of hydrogen-bond donors (Lipinski definition) is 1. The number of methoxy groups -OCH3 is 1. The number of aryl methyl sites for hydroxylation is 1. The Morgan fingerprint density at radius 3 is 2.43 bits per heavy atom. The number of anilines is 1. The second-order valence-electron chi connectivity index (χ2n) is 6.95. The van der Waals surface area contributed by atoms with Crippen molar-refractivity contribution in [2.45, 2.75) is 6.92 Å². The molecule has 2 aromatic carbocycles. The number of carbonyl (C=O) groups is 2. The first-order valence-corrected chi connectivity index (χ1v) is 9.87. The Morgan fingerprint density at radius 2 is 1.79 bits per heavy atom. The molecule has 0 saturated heterocycles. The molecule has 0 aliphatic heterocycles. The Hall–Kier alpha value is -2.77. The van der Waals surface area contributed by atoms with Gasteiger partial charge in [0.15, 0.2) is 5.13 Å². The molecule has 0 atom stereocenters. The SMILES string of the molecule is COC(=O)c1ccc(C(=O)N(CC[NH+](C)C)c2nc3ccc(C)cc3s2)cc1. The van der Waals surface area contributed by atoms with Crippen LogP contribution in [0, 0.1) is 6.92 Å². The lowest BCUT2D eigenvalue weighted by Gasteiger charge is -2.20. The first-order chi connectivity index (χ1) is 13.4. The number of benzene rings is 2. The zero-order valence-electron chi connectivity index (χ0n) is 16.5. The average molecular weight is 399 g/mol. The maximum atomic E-state index is 13.2. The molecule has 3 aromatic rings. The number of thiazole rings is 1. The van der Waals surface area contributed by atoms with Gasteiger partial charge in [0.25, 0.3) is 5.91 Å². The number of rotatable bonds is 6. The third-order valence-corrected chi connectivity index (χ3v) is 5.44. The Labute approximate surface area is 168 Å². The summed E-state index contributed by atoms with van der Waals surface area (Å²) in [5.74, 6) is -0.554. The number of aromatic nitrogens is 1. The van der Waals surface area contributed by atoms with E-state index in [4.69, 9.17) is 4.74 Å². The lowest BCUT2D eigenvalue weighted by Crippen LogP contribution is -3.06. The Balaban J connectivity index is 1.93. The van der Waals surface area contributed by atoms with Gasteiger partial charge in [-0.25, -0.2) is 9.78 Å². The second-order valence-corrected chi connectivity index (χ2v) is 7.96. The summed E-state index contributed by atoms with van der Waals surface area (Å²) in [5, 5.41) is 0.684. The van der Waals surface area contributed by atoms with Crippen molar-refractivity contribution >= 4 is 38.6 Å². The van der Waals surface area contributed by atoms with E-state index in [1.54, 1.807) is 29.2 Å². The first kappa shape index (κ1) is 20.0. The van der Waals surface area contributed by atoms with Crippen molar-refractivity contribution < 1.29 is 19.2 Å². The maximum Gasteiger partial charge on any atom is 0.337 e. The third kappa shape index (κ3) is 4.37. The van der Waals surface area contributed by atoms with Crippen LogP contribution in [0.1, 0.15) is 26.3 Å². The summed E-state index contributed by atoms with van der Waals surface area (Å²) in [6.45, 7) is 3.39. The van der Waals surface area contributed by atoms with E-state index in [0.29, 0.717) is 22.8 Å². The fourth-order valence-corrected chi connectivity index (χ4v) is 3.87. The number of fused-ring (bicyclic) bond motifs is 1. The van der Waals surface area contributed by atoms with Crippen LogP contribution < -0.4 is 9.80 Å². The first-order valence-electron chi connectivity index (χ1n) is 9.05. The molecule has 6 nitrogen and oxygen atoms in total. The van der Waals surface area contributed by atoms with Crippen molar-refractivity contribution in [3.63, 3.8) is 0 Å². The zero-order chi connectivity index (χ0) is 20.3. The Bertz CT molecular complexity index is 996. The molecule has 0 unspecified atom stereocenters. The average Bonchev–Trinajstić information content (AvgIpc) is 3.10. The van der Waals surface area contributed by atoms with Crippen LogP contribution in [0.25, 0.3) is 10.2 Å². The topological polar surface area (TPSA) is 63.9 Å². The van der Waals surface area contributed by atoms with E-state index < -0.39 is 5.97 Å². The van der Waals surface area contributed by atoms with Crippen molar-refractivity contribution in [2.75, 3.05) is 39.2 Å². The quantitative estimate of drug-likeness (QED) is 0.647. The van der Waals surface area contributed by atoms with Gasteiger partial charge in [-0.3, -0.25) is 9.69 Å². The summed E-state index contributed by atoms with van der Waals surface area (Å²) in [4.78, 5) is 32.5. The van der Waals surface area contributed by atoms with E-state index in [0.717, 1.165) is 22.3 Å². The lowest BCUT2D eigenvalue weighted by atomic mass is 10.1. The van der Waals surface area contributed by atoms with Gasteiger partial charge in [0.1, 0.15) is 0 Å². The summed E-state index contributed by atoms with van der Waals surface area (Å²) in [6.07, 6.45) is 0. The van der Waals surface area contributed by atoms with Gasteiger partial charge in [-0.2, -0.15) is 0 Å². The number of carbonyl (C=O) groups excluding carboxylic acids is 2. The highest BCUT2D eigenvalue weighted by molar-refractivity contribution is 7.22. The zero-order valence-corrected chi connectivity index (χ0v) is 17.3. The van der Waals surface area contributed by atoms with Crippen LogP contribution in [-0.4, -0.2) is 51.2 Å². The molecule has 0 fully saturated rings. The van der Waals surface area contributed by atoms with E-state index in [1.807, 2.05) is 19.1 Å². The molecule has 0 spiro atoms. The van der Waals surface area contributed by atoms with Crippen LogP contribution in [0.15, 0.2) is 42.5 Å². The number of esters is 1. The van der Waals surface area contributed by atoms with Crippen LogP contribution >= 0.6 is 11.3 Å². The molecule has 0 radical (unpaired) electrons. The summed E-state index contributed by atoms with van der Waals surface area (Å²) < 4.78 is 5.78. The number of nitrogens with one attached hydrogen (secondary N) is 1. The highest BCUT2D eigenvalue weighted by Gasteiger charge is 2.22. The van der Waals surface area contributed by atoms with Crippen molar-refractivity contribution in [1.82, 2.24) is 4.98 Å². The maximum absolute atomic E-state index is 13.2. The normalized spacial score (nSPS) is 11.0. The van der Waals surface area contributed by atoms with E-state index in [1.165, 1.54) is 23.3 Å². The number of hydrogen-bond acceptors (Lipinski definition) is 5. The van der Waals surface area contributed by atoms with Gasteiger partial charge >= 0.3 is 5.97 Å². The number of nitrogens with zero attached hydrogens (tertiary/aromatic N) is 2. The molecule has 1 amide bonds. The van der Waals surface area contributed by atoms with Crippen LogP contribution in [-0.2, 0) is 4.74 Å². The van der Waals surface area contributed by atoms with Crippen molar-refractivity contribution in [3.8, 4) is 0 Å². The lowest BCUT2D eigenvalue weighted by molar-refractivity contribution is -0.856. The van der Waals surface area contributed by atoms with Gasteiger partial charge in [0.05, 0.1) is 50.1 Å². The van der Waals surface area contributed by atoms with Crippen molar-refractivity contribution in [3.05, 3.63) is 59.2 Å². The van der Waals surface area contributed by atoms with E-state index in [9.17, 15) is 9.59 Å². The highest BCUT2D eigenvalue weighted by Crippen LogP contribution is 2.30. The summed E-state index contributed by atoms with van der Waals surface area (Å²) in [5.41, 5.74) is 2.98. The van der Waals surface area contributed by atoms with Crippen molar-refractivity contribution in [2.24, 2.45) is 0 Å². The number of ether oxygens (including phenoxy) is 1. The highest BCUT2D eigenvalue weighted by atomic mass is 32.1. The molecule has 1 N–H and O–H groups in total. The van der Waals surface area contributed by atoms with Gasteiger partial charge in [-0.15, -0.1) is 0 Å². The van der Waals surface area contributed by atoms with Crippen molar-refractivity contribution in [1.29, 1.82) is 0 Å². The van der Waals surface area contributed by atoms with Crippen LogP contribution in [0.3, 0.4) is 0 Å². The number of quaternary nitrogens is 1. The number of amides is 1. The monoisotopic (exact) mass is 398 g/mol. The smallest absolute Gasteiger partial charge is 0.337 e. The molecular weight excluding hydrogens is 374 g/mol. The molecule has 28 heavy (non-hydrogen) atoms. The standard InChI is InChI=1S/C21H23N3O3S/c1-14-5-10-17-18(13-14)28-21(22-17)24(12-11-23(2)3)19(25)15-6-8-16(9-7-15)20(26)27-4/h5-10,13H,11-12H2,1-4H3/p+1. The van der Waals surface area contributed by atoms with Gasteiger partial charge < -0.3 is 9.64 Å². The largest absolute Gasteiger partial charge is 0.465 e. The molecule has 1 aromatic heterocycles. The minimum atomic E-state index is -0.423. The van der Waals surface area contributed by atoms with Crippen LogP contribution in [0.2, 0.25) is 0 Å². The molecule has 0 saturated carbocycles.